The van der Waals surface area contributed by atoms with Gasteiger partial charge >= 0.3 is 82.3 Å². The molecule has 5 nitrogen and oxygen atoms in total. The van der Waals surface area contributed by atoms with Crippen molar-refractivity contribution in [2.24, 2.45) is 5.73 Å². The number of hydrogen-bond donors (Lipinski definition) is 2. The molecule has 0 rings (SSSR count). The molecule has 0 aliphatic rings. The van der Waals surface area contributed by atoms with Gasteiger partial charge in [-0.15, -0.1) is 0 Å². The fourth-order valence-electron chi connectivity index (χ4n) is 0.735. The summed E-state index contributed by atoms with van der Waals surface area (Å²) < 4.78 is 15.0. The second-order valence-electron chi connectivity index (χ2n) is 2.50. The van der Waals surface area contributed by atoms with Crippen LogP contribution in [-0.2, 0) is 14.1 Å². The van der Waals surface area contributed by atoms with Crippen molar-refractivity contribution in [1.82, 2.24) is 0 Å². The molecule has 0 aromatic rings. The van der Waals surface area contributed by atoms with Gasteiger partial charge in [-0.05, 0) is 0 Å². The van der Waals surface area contributed by atoms with Gasteiger partial charge in [0.2, 0.25) is 0 Å². The Hall–Kier alpha value is -0.860. The quantitative estimate of drug-likeness (QED) is 0.658. The van der Waals surface area contributed by atoms with Gasteiger partial charge in [0.1, 0.15) is 0 Å². The van der Waals surface area contributed by atoms with E-state index in [0.29, 0.717) is 18.6 Å². The van der Waals surface area contributed by atoms with Gasteiger partial charge < -0.3 is 0 Å². The van der Waals surface area contributed by atoms with E-state index >= 15 is 0 Å². The molecule has 78 valence electrons. The maximum absolute atomic E-state index is 10.4. The van der Waals surface area contributed by atoms with E-state index in [-0.39, 0.29) is 7.92 Å². The summed E-state index contributed by atoms with van der Waals surface area (Å²) in [5, 5.41) is 8.52. The average molecular weight is 217 g/mol. The zero-order chi connectivity index (χ0) is 11.0. The van der Waals surface area contributed by atoms with Crippen LogP contribution < -0.4 is 5.73 Å². The van der Waals surface area contributed by atoms with Gasteiger partial charge in [-0.2, -0.15) is 0 Å². The van der Waals surface area contributed by atoms with Crippen LogP contribution in [0.5, 0.6) is 0 Å². The normalized spacial score (nSPS) is 13.1. The predicted molar refractivity (Wildman–Crippen MR) is 51.7 cm³/mol. The second-order valence-corrected chi connectivity index (χ2v) is 2.91. The van der Waals surface area contributed by atoms with Crippen molar-refractivity contribution >= 4 is 13.9 Å². The molecule has 0 spiro atoms. The summed E-state index contributed by atoms with van der Waals surface area (Å²) in [4.78, 5) is 10.4. The van der Waals surface area contributed by atoms with Crippen LogP contribution in [0.4, 0.5) is 0 Å². The Bertz CT molecular complexity index is 319. The molecule has 0 aliphatic carbocycles. The van der Waals surface area contributed by atoms with E-state index in [1.54, 1.807) is 0 Å². The van der Waals surface area contributed by atoms with Crippen molar-refractivity contribution in [2.75, 3.05) is 13.7 Å². The van der Waals surface area contributed by atoms with Gasteiger partial charge in [-0.25, -0.2) is 0 Å². The Balaban J connectivity index is 4.52. The van der Waals surface area contributed by atoms with Gasteiger partial charge in [-0.3, -0.25) is 0 Å². The molecular formula is C8H12NO4P. The molecule has 0 saturated carbocycles. The minimum atomic E-state index is -1.13. The predicted octanol–water partition coefficient (Wildman–Crippen LogP) is 0.612. The van der Waals surface area contributed by atoms with E-state index in [4.69, 9.17) is 15.6 Å². The van der Waals surface area contributed by atoms with Crippen LogP contribution in [0.1, 0.15) is 6.42 Å². The summed E-state index contributed by atoms with van der Waals surface area (Å²) in [6.45, 7) is 0.403. The van der Waals surface area contributed by atoms with E-state index in [0.717, 1.165) is 0 Å². The zero-order valence-corrected chi connectivity index (χ0v) is 8.66. The monoisotopic (exact) mass is 217 g/mol. The molecule has 0 heterocycles. The summed E-state index contributed by atoms with van der Waals surface area (Å²) in [5.74, 6) is -1.13. The zero-order valence-electron chi connectivity index (χ0n) is 7.77. The third-order valence-corrected chi connectivity index (χ3v) is 1.81. The van der Waals surface area contributed by atoms with Crippen molar-refractivity contribution in [2.45, 2.75) is 12.5 Å². The van der Waals surface area contributed by atoms with Crippen LogP contribution in [0, 0.1) is 5.63 Å². The average Bonchev–Trinajstić information content (AvgIpc) is 2.14. The topological polar surface area (TPSA) is 89.6 Å². The van der Waals surface area contributed by atoms with Crippen LogP contribution in [0.2, 0.25) is 0 Å². The van der Waals surface area contributed by atoms with Crippen molar-refractivity contribution in [1.29, 1.82) is 0 Å². The van der Waals surface area contributed by atoms with E-state index in [2.05, 4.69) is 5.63 Å². The first-order valence-corrected chi connectivity index (χ1v) is 4.69. The molecule has 0 aromatic heterocycles. The summed E-state index contributed by atoms with van der Waals surface area (Å²) in [5.41, 5.74) is 8.20. The van der Waals surface area contributed by atoms with E-state index in [9.17, 15) is 9.36 Å². The molecular weight excluding hydrogens is 205 g/mol. The molecule has 6 heteroatoms. The summed E-state index contributed by atoms with van der Waals surface area (Å²) >= 11 is 0. The van der Waals surface area contributed by atoms with Crippen molar-refractivity contribution < 1.29 is 19.2 Å². The molecule has 1 unspecified atom stereocenters. The van der Waals surface area contributed by atoms with Crippen LogP contribution in [0.3, 0.4) is 0 Å². The first-order chi connectivity index (χ1) is 6.61. The van der Waals surface area contributed by atoms with E-state index in [1.165, 1.54) is 13.2 Å². The number of carbonyl (C=O) groups is 1. The van der Waals surface area contributed by atoms with Crippen molar-refractivity contribution in [3.63, 3.8) is 0 Å². The Labute approximate surface area is 83.1 Å². The van der Waals surface area contributed by atoms with Gasteiger partial charge in [0.15, 0.2) is 0 Å². The molecule has 0 bridgehead atoms. The first kappa shape index (κ1) is 13.1. The Kier molecular flexibility index (Phi) is 7.07. The molecule has 0 saturated heterocycles. The van der Waals surface area contributed by atoms with E-state index < -0.39 is 12.0 Å². The number of carboxylic acid groups (broad SMARTS) is 1. The molecule has 0 fully saturated rings. The fourth-order valence-corrected chi connectivity index (χ4v) is 1.04. The van der Waals surface area contributed by atoms with Crippen molar-refractivity contribution in [3.8, 4) is 5.63 Å². The number of methoxy groups -OCH3 is 1. The van der Waals surface area contributed by atoms with Crippen LogP contribution in [0.15, 0.2) is 11.6 Å². The number of hydrogen-bond acceptors (Lipinski definition) is 4. The summed E-state index contributed by atoms with van der Waals surface area (Å²) in [6, 6.07) is -1.10. The number of nitrogens with two attached hydrogens (primary N) is 1. The Morgan fingerprint density at radius 3 is 2.86 bits per heavy atom. The first-order valence-electron chi connectivity index (χ1n) is 3.88. The van der Waals surface area contributed by atoms with Crippen LogP contribution in [-0.4, -0.2) is 30.8 Å². The molecule has 0 aromatic carbocycles. The second kappa shape index (κ2) is 7.54. The standard InChI is InChI=1S/C8H12NO4P/c1-13-3-2-6(5-14-12)4-7(9)8(10)11/h4,7H,2-3,9H2,1H3,(H,10,11). The number of carboxylic acids is 1. The van der Waals surface area contributed by atoms with Gasteiger partial charge in [0.05, 0.1) is 0 Å². The molecule has 3 N–H and O–H groups in total. The molecule has 0 amide bonds. The SMILES string of the molecule is COCCC(C#P=O)=CC(N)C(=O)O. The molecule has 1 atom stereocenters. The molecule has 0 radical (unpaired) electrons. The summed E-state index contributed by atoms with van der Waals surface area (Å²) in [7, 11) is 1.22. The van der Waals surface area contributed by atoms with E-state index in [1.807, 2.05) is 0 Å². The van der Waals surface area contributed by atoms with Crippen molar-refractivity contribution in [3.05, 3.63) is 11.6 Å². The summed E-state index contributed by atoms with van der Waals surface area (Å²) in [6.07, 6.45) is 1.74. The molecule has 14 heavy (non-hydrogen) atoms. The molecule has 0 aliphatic heterocycles. The third-order valence-electron chi connectivity index (χ3n) is 1.43. The van der Waals surface area contributed by atoms with Crippen LogP contribution >= 0.6 is 7.92 Å². The number of ether oxygens (including phenoxy) is 1. The third kappa shape index (κ3) is 5.73. The Morgan fingerprint density at radius 1 is 1.79 bits per heavy atom. The van der Waals surface area contributed by atoms with Gasteiger partial charge in [0, 0.05) is 0 Å². The van der Waals surface area contributed by atoms with Gasteiger partial charge in [-0.1, -0.05) is 0 Å². The minimum absolute atomic E-state index is 0.294. The number of aliphatic carboxylic acids is 1. The Morgan fingerprint density at radius 2 is 2.43 bits per heavy atom. The maximum atomic E-state index is 10.4. The van der Waals surface area contributed by atoms with Gasteiger partial charge in [0.25, 0.3) is 0 Å². The fraction of sp³-hybridized carbons (Fsp3) is 0.500. The van der Waals surface area contributed by atoms with Crippen LogP contribution in [0.25, 0.3) is 0 Å². The number of rotatable bonds is 5.